The number of hydrogen-bond acceptors (Lipinski definition) is 4. The lowest BCUT2D eigenvalue weighted by molar-refractivity contribution is -0.155. The molecule has 1 saturated heterocycles. The number of ether oxygens (including phenoxy) is 1. The molecule has 0 spiro atoms. The van der Waals surface area contributed by atoms with Crippen molar-refractivity contribution in [3.63, 3.8) is 0 Å². The molecule has 2 atom stereocenters. The number of halogens is 4. The van der Waals surface area contributed by atoms with Crippen molar-refractivity contribution < 1.29 is 37.0 Å². The first-order valence-corrected chi connectivity index (χ1v) is 11.0. The second kappa shape index (κ2) is 10.5. The van der Waals surface area contributed by atoms with E-state index in [2.05, 4.69) is 5.32 Å². The van der Waals surface area contributed by atoms with Crippen LogP contribution in [0.15, 0.2) is 72.8 Å². The van der Waals surface area contributed by atoms with Crippen LogP contribution in [0.4, 0.5) is 23.2 Å². The summed E-state index contributed by atoms with van der Waals surface area (Å²) in [5, 5.41) is 13.7. The minimum atomic E-state index is -4.46. The highest BCUT2D eigenvalue weighted by Gasteiger charge is 2.35. The molecule has 1 aliphatic heterocycles. The molecule has 0 radical (unpaired) electrons. The summed E-state index contributed by atoms with van der Waals surface area (Å²) in [4.78, 5) is 26.2. The van der Waals surface area contributed by atoms with E-state index in [1.807, 2.05) is 0 Å². The number of carbonyl (C=O) groups excluding carboxylic acids is 2. The van der Waals surface area contributed by atoms with Gasteiger partial charge >= 0.3 is 6.18 Å². The third-order valence-corrected chi connectivity index (χ3v) is 5.85. The van der Waals surface area contributed by atoms with Crippen LogP contribution in [0.2, 0.25) is 0 Å². The number of anilines is 1. The zero-order chi connectivity index (χ0) is 25.9. The molecular formula is C26H22F4N2O4. The quantitative estimate of drug-likeness (QED) is 0.485. The van der Waals surface area contributed by atoms with E-state index in [-0.39, 0.29) is 25.3 Å². The Bertz CT molecular complexity index is 1210. The van der Waals surface area contributed by atoms with Gasteiger partial charge in [0.15, 0.2) is 0 Å². The SMILES string of the molecule is O=C(Nc1ccc(C(O)C2COCC(=O)N2Cc2ccc(C(F)(F)F)cc2)cc1)c1ccc(F)cc1. The molecule has 188 valence electrons. The fourth-order valence-corrected chi connectivity index (χ4v) is 3.88. The first-order chi connectivity index (χ1) is 17.1. The van der Waals surface area contributed by atoms with Gasteiger partial charge in [-0.05, 0) is 59.7 Å². The van der Waals surface area contributed by atoms with Crippen molar-refractivity contribution in [3.8, 4) is 0 Å². The van der Waals surface area contributed by atoms with Crippen LogP contribution in [-0.4, -0.2) is 41.1 Å². The van der Waals surface area contributed by atoms with E-state index in [4.69, 9.17) is 4.74 Å². The van der Waals surface area contributed by atoms with Gasteiger partial charge in [-0.2, -0.15) is 13.2 Å². The largest absolute Gasteiger partial charge is 0.416 e. The fourth-order valence-electron chi connectivity index (χ4n) is 3.88. The Hall–Kier alpha value is -3.76. The highest BCUT2D eigenvalue weighted by Crippen LogP contribution is 2.30. The Morgan fingerprint density at radius 3 is 2.28 bits per heavy atom. The van der Waals surface area contributed by atoms with Gasteiger partial charge in [-0.3, -0.25) is 9.59 Å². The molecule has 6 nitrogen and oxygen atoms in total. The predicted molar refractivity (Wildman–Crippen MR) is 122 cm³/mol. The molecule has 3 aromatic rings. The van der Waals surface area contributed by atoms with Crippen molar-refractivity contribution in [3.05, 3.63) is 101 Å². The van der Waals surface area contributed by atoms with Crippen LogP contribution >= 0.6 is 0 Å². The normalized spacial score (nSPS) is 17.1. The lowest BCUT2D eigenvalue weighted by Gasteiger charge is -2.38. The molecule has 4 rings (SSSR count). The van der Waals surface area contributed by atoms with Crippen molar-refractivity contribution in [1.29, 1.82) is 0 Å². The summed E-state index contributed by atoms with van der Waals surface area (Å²) < 4.78 is 56.9. The van der Waals surface area contributed by atoms with Gasteiger partial charge < -0.3 is 20.1 Å². The maximum absolute atomic E-state index is 13.1. The van der Waals surface area contributed by atoms with E-state index >= 15 is 0 Å². The second-order valence-corrected chi connectivity index (χ2v) is 8.33. The van der Waals surface area contributed by atoms with Gasteiger partial charge in [0.05, 0.1) is 18.2 Å². The van der Waals surface area contributed by atoms with Gasteiger partial charge in [0.25, 0.3) is 5.91 Å². The fraction of sp³-hybridized carbons (Fsp3) is 0.231. The van der Waals surface area contributed by atoms with Crippen molar-refractivity contribution in [1.82, 2.24) is 4.90 Å². The monoisotopic (exact) mass is 502 g/mol. The number of hydrogen-bond donors (Lipinski definition) is 2. The van der Waals surface area contributed by atoms with Crippen molar-refractivity contribution >= 4 is 17.5 Å². The lowest BCUT2D eigenvalue weighted by Crippen LogP contribution is -2.51. The first kappa shape index (κ1) is 25.3. The van der Waals surface area contributed by atoms with Crippen molar-refractivity contribution in [2.24, 2.45) is 0 Å². The summed E-state index contributed by atoms with van der Waals surface area (Å²) in [6, 6.07) is 15.1. The highest BCUT2D eigenvalue weighted by molar-refractivity contribution is 6.04. The predicted octanol–water partition coefficient (Wildman–Crippen LogP) is 4.56. The Kier molecular flexibility index (Phi) is 7.37. The summed E-state index contributed by atoms with van der Waals surface area (Å²) in [5.41, 5.74) is 0.864. The molecule has 3 aromatic carbocycles. The second-order valence-electron chi connectivity index (χ2n) is 8.33. The van der Waals surface area contributed by atoms with Crippen LogP contribution in [0.3, 0.4) is 0 Å². The molecule has 0 aromatic heterocycles. The number of aliphatic hydroxyl groups excluding tert-OH is 1. The van der Waals surface area contributed by atoms with Gasteiger partial charge in [-0.25, -0.2) is 4.39 Å². The number of rotatable bonds is 6. The van der Waals surface area contributed by atoms with E-state index in [1.165, 1.54) is 41.3 Å². The van der Waals surface area contributed by atoms with Crippen LogP contribution < -0.4 is 5.32 Å². The molecule has 10 heteroatoms. The van der Waals surface area contributed by atoms with Gasteiger partial charge in [0.2, 0.25) is 5.91 Å². The Balaban J connectivity index is 1.45. The summed E-state index contributed by atoms with van der Waals surface area (Å²) in [6.07, 6.45) is -5.61. The number of benzene rings is 3. The maximum atomic E-state index is 13.1. The number of amides is 2. The minimum absolute atomic E-state index is 0.00781. The van der Waals surface area contributed by atoms with Crippen LogP contribution in [0.1, 0.15) is 33.2 Å². The van der Waals surface area contributed by atoms with Gasteiger partial charge in [0.1, 0.15) is 18.5 Å². The number of nitrogens with zero attached hydrogens (tertiary/aromatic N) is 1. The Labute approximate surface area is 204 Å². The highest BCUT2D eigenvalue weighted by atomic mass is 19.4. The molecule has 2 amide bonds. The van der Waals surface area contributed by atoms with Crippen LogP contribution in [0.5, 0.6) is 0 Å². The first-order valence-electron chi connectivity index (χ1n) is 11.0. The van der Waals surface area contributed by atoms with Crippen LogP contribution in [0.25, 0.3) is 0 Å². The summed E-state index contributed by atoms with van der Waals surface area (Å²) in [6.45, 7) is -0.150. The van der Waals surface area contributed by atoms with Crippen LogP contribution in [0, 0.1) is 5.82 Å². The van der Waals surface area contributed by atoms with Crippen molar-refractivity contribution in [2.45, 2.75) is 24.9 Å². The Morgan fingerprint density at radius 1 is 1.03 bits per heavy atom. The average molecular weight is 502 g/mol. The third-order valence-electron chi connectivity index (χ3n) is 5.85. The molecule has 1 heterocycles. The number of aliphatic hydroxyl groups is 1. The smallest absolute Gasteiger partial charge is 0.386 e. The molecule has 0 bridgehead atoms. The van der Waals surface area contributed by atoms with E-state index in [1.54, 1.807) is 24.3 Å². The number of nitrogens with one attached hydrogen (secondary N) is 1. The summed E-state index contributed by atoms with van der Waals surface area (Å²) in [7, 11) is 0. The van der Waals surface area contributed by atoms with Gasteiger partial charge in [-0.15, -0.1) is 0 Å². The summed E-state index contributed by atoms with van der Waals surface area (Å²) in [5.74, 6) is -1.28. The molecule has 0 saturated carbocycles. The standard InChI is InChI=1S/C26H22F4N2O4/c27-20-9-3-18(4-10-20)25(35)31-21-11-5-17(6-12-21)24(34)22-14-36-15-23(33)32(22)13-16-1-7-19(8-2-16)26(28,29)30/h1-12,22,24,34H,13-15H2,(H,31,35). The van der Waals surface area contributed by atoms with E-state index in [0.717, 1.165) is 12.1 Å². The maximum Gasteiger partial charge on any atom is 0.416 e. The third kappa shape index (κ3) is 5.89. The Morgan fingerprint density at radius 2 is 1.67 bits per heavy atom. The molecule has 2 N–H and O–H groups in total. The summed E-state index contributed by atoms with van der Waals surface area (Å²) >= 11 is 0. The van der Waals surface area contributed by atoms with E-state index in [0.29, 0.717) is 16.8 Å². The molecule has 36 heavy (non-hydrogen) atoms. The molecule has 0 aliphatic carbocycles. The minimum Gasteiger partial charge on any atom is -0.386 e. The number of alkyl halides is 3. The number of morpholine rings is 1. The molecule has 1 aliphatic rings. The molecule has 1 fully saturated rings. The zero-order valence-electron chi connectivity index (χ0n) is 18.8. The van der Waals surface area contributed by atoms with Gasteiger partial charge in [0, 0.05) is 17.8 Å². The van der Waals surface area contributed by atoms with E-state index in [9.17, 15) is 32.3 Å². The van der Waals surface area contributed by atoms with Gasteiger partial charge in [-0.1, -0.05) is 24.3 Å². The zero-order valence-corrected chi connectivity index (χ0v) is 18.8. The van der Waals surface area contributed by atoms with Crippen LogP contribution in [-0.2, 0) is 22.3 Å². The average Bonchev–Trinajstić information content (AvgIpc) is 2.85. The number of carbonyl (C=O) groups is 2. The topological polar surface area (TPSA) is 78.9 Å². The molecular weight excluding hydrogens is 480 g/mol. The molecule has 2 unspecified atom stereocenters. The van der Waals surface area contributed by atoms with Crippen molar-refractivity contribution in [2.75, 3.05) is 18.5 Å². The van der Waals surface area contributed by atoms with E-state index < -0.39 is 41.5 Å². The lowest BCUT2D eigenvalue weighted by atomic mass is 9.99.